The lowest BCUT2D eigenvalue weighted by molar-refractivity contribution is -0.335. The normalized spacial score (nSPS) is 46.3. The Morgan fingerprint density at radius 2 is 1.66 bits per heavy atom. The molecule has 3 heteroatoms. The van der Waals surface area contributed by atoms with Crippen LogP contribution in [0.4, 0.5) is 0 Å². The van der Waals surface area contributed by atoms with Crippen LogP contribution in [0, 0.1) is 52.3 Å². The van der Waals surface area contributed by atoms with Crippen LogP contribution in [0.15, 0.2) is 24.3 Å². The summed E-state index contributed by atoms with van der Waals surface area (Å²) < 4.78 is 20.0. The van der Waals surface area contributed by atoms with Crippen molar-refractivity contribution in [3.05, 3.63) is 29.8 Å². The van der Waals surface area contributed by atoms with E-state index in [1.54, 1.807) is 0 Å². The summed E-state index contributed by atoms with van der Waals surface area (Å²) in [5.41, 5.74) is 1.92. The highest BCUT2D eigenvalue weighted by atomic mass is 16.7. The Balaban J connectivity index is 1.23. The van der Waals surface area contributed by atoms with Gasteiger partial charge in [-0.3, -0.25) is 0 Å². The second-order valence-corrected chi connectivity index (χ2v) is 15.2. The van der Waals surface area contributed by atoms with Gasteiger partial charge in [0, 0.05) is 19.6 Å². The molecule has 1 aromatic carbocycles. The van der Waals surface area contributed by atoms with Crippen molar-refractivity contribution in [2.24, 2.45) is 52.3 Å². The Bertz CT molecular complexity index is 1000. The van der Waals surface area contributed by atoms with E-state index >= 15 is 0 Å². The first kappa shape index (κ1) is 27.1. The number of methoxy groups -OCH3 is 1. The number of ether oxygens (including phenoxy) is 3. The van der Waals surface area contributed by atoms with Gasteiger partial charge in [0.1, 0.15) is 5.75 Å². The maximum atomic E-state index is 7.08. The molecule has 212 valence electrons. The second kappa shape index (κ2) is 9.79. The van der Waals surface area contributed by atoms with Gasteiger partial charge in [-0.2, -0.15) is 0 Å². The van der Waals surface area contributed by atoms with Crippen LogP contribution in [-0.2, 0) is 9.47 Å². The highest BCUT2D eigenvalue weighted by Crippen LogP contribution is 2.69. The van der Waals surface area contributed by atoms with Crippen LogP contribution in [0.5, 0.6) is 5.75 Å². The van der Waals surface area contributed by atoms with Crippen molar-refractivity contribution in [1.82, 2.24) is 0 Å². The molecule has 3 nitrogen and oxygen atoms in total. The minimum Gasteiger partial charge on any atom is -0.462 e. The third-order valence-corrected chi connectivity index (χ3v) is 12.9. The van der Waals surface area contributed by atoms with E-state index in [0.29, 0.717) is 5.41 Å². The Morgan fingerprint density at radius 3 is 2.42 bits per heavy atom. The first-order valence-corrected chi connectivity index (χ1v) is 16.1. The summed E-state index contributed by atoms with van der Waals surface area (Å²) in [5.74, 6) is 5.66. The van der Waals surface area contributed by atoms with Gasteiger partial charge in [-0.15, -0.1) is 0 Å². The minimum absolute atomic E-state index is 0.0273. The van der Waals surface area contributed by atoms with E-state index in [4.69, 9.17) is 14.2 Å². The quantitative estimate of drug-likeness (QED) is 0.373. The highest BCUT2D eigenvalue weighted by molar-refractivity contribution is 5.39. The number of hydrogen-bond donors (Lipinski definition) is 0. The highest BCUT2D eigenvalue weighted by Gasteiger charge is 2.65. The Kier molecular flexibility index (Phi) is 6.99. The summed E-state index contributed by atoms with van der Waals surface area (Å²) in [6, 6.07) is 8.45. The molecule has 1 saturated heterocycles. The SMILES string of the molecule is CO[C@@H]1c2ccccc2O[C@@]2(C)O[C@@H]3CC[C@@H]4[C@H](CC[C@]5(C)[C@@H]([C@H](C)CCCC(C)C)CC[C@@H]45)[C@@]3(C)C[C@@H]12. The van der Waals surface area contributed by atoms with E-state index in [9.17, 15) is 0 Å². The van der Waals surface area contributed by atoms with Crippen molar-refractivity contribution >= 4 is 0 Å². The molecule has 0 unspecified atom stereocenters. The summed E-state index contributed by atoms with van der Waals surface area (Å²) in [6.45, 7) is 14.8. The fourth-order valence-corrected chi connectivity index (χ4v) is 11.0. The molecule has 5 aliphatic rings. The third-order valence-electron chi connectivity index (χ3n) is 12.9. The van der Waals surface area contributed by atoms with Gasteiger partial charge in [0.15, 0.2) is 0 Å². The zero-order valence-electron chi connectivity index (χ0n) is 25.3. The number of para-hydroxylation sites is 1. The first-order valence-electron chi connectivity index (χ1n) is 16.1. The van der Waals surface area contributed by atoms with Crippen molar-refractivity contribution in [3.8, 4) is 5.75 Å². The summed E-state index contributed by atoms with van der Waals surface area (Å²) in [7, 11) is 1.87. The van der Waals surface area contributed by atoms with Crippen molar-refractivity contribution in [2.75, 3.05) is 7.11 Å². The van der Waals surface area contributed by atoms with Crippen LogP contribution in [-0.4, -0.2) is 19.0 Å². The molecule has 2 aliphatic heterocycles. The van der Waals surface area contributed by atoms with Gasteiger partial charge in [-0.05, 0) is 97.3 Å². The van der Waals surface area contributed by atoms with Gasteiger partial charge >= 0.3 is 0 Å². The molecule has 0 bridgehead atoms. The minimum atomic E-state index is -0.612. The largest absolute Gasteiger partial charge is 0.462 e. The zero-order chi connectivity index (χ0) is 26.9. The van der Waals surface area contributed by atoms with E-state index in [-0.39, 0.29) is 23.5 Å². The Morgan fingerprint density at radius 1 is 0.895 bits per heavy atom. The smallest absolute Gasteiger partial charge is 0.213 e. The van der Waals surface area contributed by atoms with E-state index in [1.807, 2.05) is 7.11 Å². The molecule has 38 heavy (non-hydrogen) atoms. The Hall–Kier alpha value is -1.06. The average Bonchev–Trinajstić information content (AvgIpc) is 3.23. The zero-order valence-corrected chi connectivity index (χ0v) is 25.3. The monoisotopic (exact) mass is 522 g/mol. The lowest BCUT2D eigenvalue weighted by atomic mass is 9.46. The predicted octanol–water partition coefficient (Wildman–Crippen LogP) is 9.21. The van der Waals surface area contributed by atoms with Crippen LogP contribution < -0.4 is 4.74 Å². The van der Waals surface area contributed by atoms with Crippen molar-refractivity contribution in [2.45, 2.75) is 124 Å². The molecule has 6 rings (SSSR count). The Labute approximate surface area is 232 Å². The van der Waals surface area contributed by atoms with E-state index in [2.05, 4.69) is 65.8 Å². The maximum absolute atomic E-state index is 7.08. The molecule has 1 aromatic rings. The third kappa shape index (κ3) is 4.11. The number of hydrogen-bond acceptors (Lipinski definition) is 3. The molecule has 3 saturated carbocycles. The van der Waals surface area contributed by atoms with Crippen molar-refractivity contribution in [3.63, 3.8) is 0 Å². The molecule has 3 aliphatic carbocycles. The van der Waals surface area contributed by atoms with E-state index < -0.39 is 5.79 Å². The fourth-order valence-electron chi connectivity index (χ4n) is 11.0. The van der Waals surface area contributed by atoms with E-state index in [0.717, 1.165) is 47.7 Å². The van der Waals surface area contributed by atoms with Gasteiger partial charge in [0.25, 0.3) is 0 Å². The maximum Gasteiger partial charge on any atom is 0.213 e. The topological polar surface area (TPSA) is 27.7 Å². The van der Waals surface area contributed by atoms with Gasteiger partial charge in [0.05, 0.1) is 18.1 Å². The molecular weight excluding hydrogens is 468 g/mol. The summed E-state index contributed by atoms with van der Waals surface area (Å²) in [5, 5.41) is 0. The van der Waals surface area contributed by atoms with Crippen molar-refractivity contribution in [1.29, 1.82) is 0 Å². The number of rotatable bonds is 6. The van der Waals surface area contributed by atoms with Gasteiger partial charge in [-0.25, -0.2) is 0 Å². The molecule has 2 heterocycles. The van der Waals surface area contributed by atoms with Crippen LogP contribution in [0.3, 0.4) is 0 Å². The van der Waals surface area contributed by atoms with Crippen LogP contribution in [0.1, 0.15) is 117 Å². The molecule has 0 radical (unpaired) electrons. The molecular formula is C35H54O3. The van der Waals surface area contributed by atoms with E-state index in [1.165, 1.54) is 63.4 Å². The molecule has 0 N–H and O–H groups in total. The van der Waals surface area contributed by atoms with Gasteiger partial charge < -0.3 is 14.2 Å². The average molecular weight is 523 g/mol. The molecule has 11 atom stereocenters. The molecule has 4 fully saturated rings. The predicted molar refractivity (Wildman–Crippen MR) is 154 cm³/mol. The molecule has 0 amide bonds. The summed E-state index contributed by atoms with van der Waals surface area (Å²) >= 11 is 0. The standard InChI is InChI=1S/C35H54O3/c1-22(2)11-10-12-23(3)26-16-17-27-24-15-18-31-34(5,28(24)19-20-33(26,27)4)21-29-32(36-7)25-13-8-9-14-30(25)37-35(29,6)38-31/h8-9,13-14,22-24,26-29,31-32H,10-12,15-21H2,1-7H3/t23-,24+,26-,27+,28+,29+,31-,32-,33-,34-,35+/m1/s1. The van der Waals surface area contributed by atoms with Gasteiger partial charge in [-0.1, -0.05) is 72.1 Å². The van der Waals surface area contributed by atoms with Crippen LogP contribution in [0.2, 0.25) is 0 Å². The van der Waals surface area contributed by atoms with Crippen LogP contribution >= 0.6 is 0 Å². The summed E-state index contributed by atoms with van der Waals surface area (Å²) in [6.07, 6.45) is 13.9. The van der Waals surface area contributed by atoms with Crippen molar-refractivity contribution < 1.29 is 14.2 Å². The molecule has 0 aromatic heterocycles. The summed E-state index contributed by atoms with van der Waals surface area (Å²) in [4.78, 5) is 0. The molecule has 0 spiro atoms. The number of fused-ring (bicyclic) bond motifs is 7. The number of benzene rings is 1. The van der Waals surface area contributed by atoms with Crippen LogP contribution in [0.25, 0.3) is 0 Å². The second-order valence-electron chi connectivity index (χ2n) is 15.2. The fraction of sp³-hybridized carbons (Fsp3) is 0.829. The lowest BCUT2D eigenvalue weighted by Crippen LogP contribution is -2.64. The lowest BCUT2D eigenvalue weighted by Gasteiger charge is -2.64. The first-order chi connectivity index (χ1) is 18.1. The van der Waals surface area contributed by atoms with Gasteiger partial charge in [0.2, 0.25) is 5.79 Å².